The van der Waals surface area contributed by atoms with Crippen LogP contribution in [0.2, 0.25) is 10.0 Å². The van der Waals surface area contributed by atoms with Gasteiger partial charge in [-0.25, -0.2) is 4.98 Å². The lowest BCUT2D eigenvalue weighted by Crippen LogP contribution is -2.44. The molecule has 2 rings (SSSR count). The van der Waals surface area contributed by atoms with Gasteiger partial charge in [0.1, 0.15) is 5.82 Å². The Labute approximate surface area is 116 Å². The van der Waals surface area contributed by atoms with Crippen molar-refractivity contribution in [2.24, 2.45) is 0 Å². The molecule has 1 aromatic carbocycles. The maximum absolute atomic E-state index is 12.6. The summed E-state index contributed by atoms with van der Waals surface area (Å²) in [5.74, 6) is 0.00987. The van der Waals surface area contributed by atoms with Gasteiger partial charge in [0.15, 0.2) is 5.60 Å². The van der Waals surface area contributed by atoms with Crippen LogP contribution in [-0.4, -0.2) is 26.9 Å². The number of alkyl halides is 3. The number of aliphatic hydroxyl groups is 1. The van der Waals surface area contributed by atoms with Crippen molar-refractivity contribution in [1.82, 2.24) is 9.97 Å². The Bertz CT molecular complexity index is 583. The fourth-order valence-electron chi connectivity index (χ4n) is 1.57. The lowest BCUT2D eigenvalue weighted by Gasteiger charge is -2.24. The van der Waals surface area contributed by atoms with Gasteiger partial charge in [-0.2, -0.15) is 13.2 Å². The van der Waals surface area contributed by atoms with E-state index in [1.54, 1.807) is 0 Å². The molecule has 1 unspecified atom stereocenters. The standard InChI is InChI=1S/C11H9Cl2F3N2O/c1-10(19,11(14,15)16)4-9-17-7-2-5(12)6(13)3-8(7)18-9/h2-3,19H,4H2,1H3,(H,17,18). The topological polar surface area (TPSA) is 48.9 Å². The van der Waals surface area contributed by atoms with Crippen molar-refractivity contribution in [3.63, 3.8) is 0 Å². The minimum Gasteiger partial charge on any atom is -0.380 e. The zero-order valence-electron chi connectivity index (χ0n) is 9.65. The van der Waals surface area contributed by atoms with Gasteiger partial charge in [-0.1, -0.05) is 23.2 Å². The largest absolute Gasteiger partial charge is 0.417 e. The summed E-state index contributed by atoms with van der Waals surface area (Å²) in [6.07, 6.45) is -5.41. The smallest absolute Gasteiger partial charge is 0.380 e. The van der Waals surface area contributed by atoms with Gasteiger partial charge >= 0.3 is 6.18 Å². The normalized spacial score (nSPS) is 15.7. The number of fused-ring (bicyclic) bond motifs is 1. The SMILES string of the molecule is CC(O)(Cc1nc2cc(Cl)c(Cl)cc2[nH]1)C(F)(F)F. The highest BCUT2D eigenvalue weighted by Gasteiger charge is 2.50. The van der Waals surface area contributed by atoms with Gasteiger partial charge in [0.2, 0.25) is 0 Å². The zero-order valence-corrected chi connectivity index (χ0v) is 11.2. The van der Waals surface area contributed by atoms with Crippen LogP contribution in [0.25, 0.3) is 11.0 Å². The third-order valence-electron chi connectivity index (χ3n) is 2.70. The minimum absolute atomic E-state index is 0.00987. The van der Waals surface area contributed by atoms with E-state index in [2.05, 4.69) is 9.97 Å². The van der Waals surface area contributed by atoms with Crippen molar-refractivity contribution in [3.8, 4) is 0 Å². The summed E-state index contributed by atoms with van der Waals surface area (Å²) < 4.78 is 37.7. The zero-order chi connectivity index (χ0) is 14.4. The third kappa shape index (κ3) is 2.80. The van der Waals surface area contributed by atoms with E-state index in [0.29, 0.717) is 18.0 Å². The molecular weight excluding hydrogens is 304 g/mol. The molecule has 2 N–H and O–H groups in total. The number of imidazole rings is 1. The molecule has 1 atom stereocenters. The van der Waals surface area contributed by atoms with E-state index >= 15 is 0 Å². The minimum atomic E-state index is -4.73. The van der Waals surface area contributed by atoms with E-state index in [4.69, 9.17) is 23.2 Å². The first-order valence-corrected chi connectivity index (χ1v) is 5.98. The van der Waals surface area contributed by atoms with Gasteiger partial charge in [-0.3, -0.25) is 0 Å². The second kappa shape index (κ2) is 4.54. The summed E-state index contributed by atoms with van der Waals surface area (Å²) in [7, 11) is 0. The monoisotopic (exact) mass is 312 g/mol. The number of aromatic nitrogens is 2. The van der Waals surface area contributed by atoms with Crippen molar-refractivity contribution in [3.05, 3.63) is 28.0 Å². The molecule has 8 heteroatoms. The number of H-pyrrole nitrogens is 1. The van der Waals surface area contributed by atoms with E-state index in [1.807, 2.05) is 0 Å². The first kappa shape index (κ1) is 14.4. The quantitative estimate of drug-likeness (QED) is 0.887. The molecule has 1 heterocycles. The molecular formula is C11H9Cl2F3N2O. The van der Waals surface area contributed by atoms with Crippen molar-refractivity contribution in [2.45, 2.75) is 25.1 Å². The highest BCUT2D eigenvalue weighted by atomic mass is 35.5. The number of benzene rings is 1. The molecule has 3 nitrogen and oxygen atoms in total. The Balaban J connectivity index is 2.37. The second-order valence-corrected chi connectivity index (χ2v) is 5.23. The second-order valence-electron chi connectivity index (χ2n) is 4.42. The summed E-state index contributed by atoms with van der Waals surface area (Å²) in [6, 6.07) is 2.92. The lowest BCUT2D eigenvalue weighted by atomic mass is 10.0. The first-order chi connectivity index (χ1) is 8.60. The van der Waals surface area contributed by atoms with Gasteiger partial charge < -0.3 is 10.1 Å². The molecule has 19 heavy (non-hydrogen) atoms. The van der Waals surface area contributed by atoms with Crippen molar-refractivity contribution >= 4 is 34.2 Å². The Kier molecular flexibility index (Phi) is 3.45. The van der Waals surface area contributed by atoms with Crippen LogP contribution >= 0.6 is 23.2 Å². The molecule has 0 aliphatic heterocycles. The number of nitrogens with zero attached hydrogens (tertiary/aromatic N) is 1. The molecule has 0 aliphatic carbocycles. The molecule has 0 saturated carbocycles. The van der Waals surface area contributed by atoms with Crippen LogP contribution in [0.1, 0.15) is 12.7 Å². The van der Waals surface area contributed by atoms with Crippen molar-refractivity contribution in [2.75, 3.05) is 0 Å². The van der Waals surface area contributed by atoms with Crippen LogP contribution in [0.4, 0.5) is 13.2 Å². The van der Waals surface area contributed by atoms with Crippen LogP contribution in [0.3, 0.4) is 0 Å². The Morgan fingerprint density at radius 1 is 1.26 bits per heavy atom. The molecule has 0 radical (unpaired) electrons. The Hall–Kier alpha value is -0.980. The fourth-order valence-corrected chi connectivity index (χ4v) is 1.89. The summed E-state index contributed by atoms with van der Waals surface area (Å²) in [4.78, 5) is 6.63. The third-order valence-corrected chi connectivity index (χ3v) is 3.42. The number of hydrogen-bond donors (Lipinski definition) is 2. The van der Waals surface area contributed by atoms with Gasteiger partial charge in [-0.15, -0.1) is 0 Å². The summed E-state index contributed by atoms with van der Waals surface area (Å²) in [5, 5.41) is 9.93. The number of hydrogen-bond acceptors (Lipinski definition) is 2. The van der Waals surface area contributed by atoms with Crippen molar-refractivity contribution < 1.29 is 18.3 Å². The van der Waals surface area contributed by atoms with E-state index in [-0.39, 0.29) is 15.9 Å². The highest BCUT2D eigenvalue weighted by Crippen LogP contribution is 2.33. The summed E-state index contributed by atoms with van der Waals surface area (Å²) >= 11 is 11.6. The van der Waals surface area contributed by atoms with Crippen molar-refractivity contribution in [1.29, 1.82) is 0 Å². The molecule has 0 aliphatic rings. The maximum Gasteiger partial charge on any atom is 0.417 e. The van der Waals surface area contributed by atoms with Gasteiger partial charge in [-0.05, 0) is 19.1 Å². The van der Waals surface area contributed by atoms with E-state index in [1.165, 1.54) is 12.1 Å². The number of nitrogens with one attached hydrogen (secondary N) is 1. The molecule has 0 fully saturated rings. The summed E-state index contributed by atoms with van der Waals surface area (Å²) in [6.45, 7) is 0.695. The Morgan fingerprint density at radius 3 is 2.42 bits per heavy atom. The van der Waals surface area contributed by atoms with E-state index in [9.17, 15) is 18.3 Å². The van der Waals surface area contributed by atoms with E-state index < -0.39 is 18.2 Å². The van der Waals surface area contributed by atoms with Crippen LogP contribution < -0.4 is 0 Å². The van der Waals surface area contributed by atoms with Crippen LogP contribution in [0.5, 0.6) is 0 Å². The van der Waals surface area contributed by atoms with Gasteiger partial charge in [0, 0.05) is 6.42 Å². The van der Waals surface area contributed by atoms with Gasteiger partial charge in [0.25, 0.3) is 0 Å². The average molecular weight is 313 g/mol. The summed E-state index contributed by atoms with van der Waals surface area (Å²) in [5.41, 5.74) is -2.00. The van der Waals surface area contributed by atoms with Crippen LogP contribution in [0, 0.1) is 0 Å². The highest BCUT2D eigenvalue weighted by molar-refractivity contribution is 6.42. The Morgan fingerprint density at radius 2 is 1.84 bits per heavy atom. The maximum atomic E-state index is 12.6. The number of rotatable bonds is 2. The predicted molar refractivity (Wildman–Crippen MR) is 66.5 cm³/mol. The average Bonchev–Trinajstić information content (AvgIpc) is 2.57. The van der Waals surface area contributed by atoms with Gasteiger partial charge in [0.05, 0.1) is 21.1 Å². The van der Waals surface area contributed by atoms with Crippen LogP contribution in [-0.2, 0) is 6.42 Å². The fraction of sp³-hybridized carbons (Fsp3) is 0.364. The predicted octanol–water partition coefficient (Wildman–Crippen LogP) is 3.73. The number of halogens is 5. The number of aromatic amines is 1. The molecule has 0 saturated heterocycles. The molecule has 0 amide bonds. The molecule has 104 valence electrons. The van der Waals surface area contributed by atoms with Crippen LogP contribution in [0.15, 0.2) is 12.1 Å². The first-order valence-electron chi connectivity index (χ1n) is 5.23. The molecule has 0 bridgehead atoms. The molecule has 1 aromatic heterocycles. The molecule has 2 aromatic rings. The lowest BCUT2D eigenvalue weighted by molar-refractivity contribution is -0.252. The molecule has 0 spiro atoms. The van der Waals surface area contributed by atoms with E-state index in [0.717, 1.165) is 0 Å².